The van der Waals surface area contributed by atoms with Gasteiger partial charge in [-0.1, -0.05) is 25.7 Å². The Morgan fingerprint density at radius 1 is 1.24 bits per heavy atom. The zero-order chi connectivity index (χ0) is 14.7. The topological polar surface area (TPSA) is 37.3 Å². The number of hydrogen-bond donors (Lipinski definition) is 1. The first-order chi connectivity index (χ1) is 10.2. The van der Waals surface area contributed by atoms with Crippen LogP contribution >= 0.6 is 0 Å². The van der Waals surface area contributed by atoms with E-state index in [-0.39, 0.29) is 5.91 Å². The molecule has 21 heavy (non-hydrogen) atoms. The highest BCUT2D eigenvalue weighted by Gasteiger charge is 2.25. The molecule has 2 heterocycles. The molecular weight excluding hydrogens is 262 g/mol. The third-order valence-corrected chi connectivity index (χ3v) is 5.04. The summed E-state index contributed by atoms with van der Waals surface area (Å²) in [5.74, 6) is 0.203. The van der Waals surface area contributed by atoms with Crippen molar-refractivity contribution in [3.63, 3.8) is 0 Å². The molecule has 1 aliphatic heterocycles. The van der Waals surface area contributed by atoms with Crippen molar-refractivity contribution in [2.75, 3.05) is 13.1 Å². The second-order valence-corrected chi connectivity index (χ2v) is 6.53. The lowest BCUT2D eigenvalue weighted by molar-refractivity contribution is -0.123. The average Bonchev–Trinajstić information content (AvgIpc) is 2.81. The fourth-order valence-electron chi connectivity index (χ4n) is 3.72. The number of amides is 1. The molecule has 0 saturated heterocycles. The molecule has 1 fully saturated rings. The third kappa shape index (κ3) is 3.49. The van der Waals surface area contributed by atoms with Crippen molar-refractivity contribution in [2.45, 2.75) is 64.1 Å². The van der Waals surface area contributed by atoms with E-state index in [2.05, 4.69) is 40.0 Å². The minimum atomic E-state index is 0.203. The Morgan fingerprint density at radius 3 is 2.76 bits per heavy atom. The Bertz CT molecular complexity index is 474. The van der Waals surface area contributed by atoms with Crippen molar-refractivity contribution >= 4 is 5.91 Å². The maximum atomic E-state index is 12.3. The monoisotopic (exact) mass is 289 g/mol. The van der Waals surface area contributed by atoms with Crippen molar-refractivity contribution in [3.8, 4) is 0 Å². The predicted octanol–water partition coefficient (Wildman–Crippen LogP) is 2.70. The Morgan fingerprint density at radius 2 is 2.00 bits per heavy atom. The zero-order valence-corrected chi connectivity index (χ0v) is 13.1. The second kappa shape index (κ2) is 6.65. The fourth-order valence-corrected chi connectivity index (χ4v) is 3.72. The van der Waals surface area contributed by atoms with E-state index in [1.54, 1.807) is 0 Å². The molecule has 0 aromatic carbocycles. The summed E-state index contributed by atoms with van der Waals surface area (Å²) in [5.41, 5.74) is 1.32. The zero-order valence-electron chi connectivity index (χ0n) is 13.1. The van der Waals surface area contributed by atoms with Crippen LogP contribution in [0.4, 0.5) is 0 Å². The standard InChI is InChI=1S/C17H27N3O/c1-14-16-9-6-10-19(16)11-12-20(14)13-17(21)18-15-7-4-2-3-5-8-15/h6,9-10,14-15H,2-5,7-8,11-13H2,1H3,(H,18,21). The van der Waals surface area contributed by atoms with E-state index in [0.29, 0.717) is 18.6 Å². The maximum absolute atomic E-state index is 12.3. The largest absolute Gasteiger partial charge is 0.352 e. The van der Waals surface area contributed by atoms with E-state index in [1.807, 2.05) is 0 Å². The van der Waals surface area contributed by atoms with Gasteiger partial charge in [-0.15, -0.1) is 0 Å². The van der Waals surface area contributed by atoms with Gasteiger partial charge in [-0.05, 0) is 31.9 Å². The number of hydrogen-bond acceptors (Lipinski definition) is 2. The van der Waals surface area contributed by atoms with Crippen LogP contribution in [0.15, 0.2) is 18.3 Å². The summed E-state index contributed by atoms with van der Waals surface area (Å²) in [5, 5.41) is 3.26. The van der Waals surface area contributed by atoms with Gasteiger partial charge in [0.15, 0.2) is 0 Å². The minimum Gasteiger partial charge on any atom is -0.352 e. The van der Waals surface area contributed by atoms with Crippen LogP contribution in [0.2, 0.25) is 0 Å². The smallest absolute Gasteiger partial charge is 0.234 e. The van der Waals surface area contributed by atoms with Gasteiger partial charge in [0.25, 0.3) is 0 Å². The number of nitrogens with zero attached hydrogens (tertiary/aromatic N) is 2. The Balaban J connectivity index is 1.53. The molecule has 1 saturated carbocycles. The van der Waals surface area contributed by atoms with Crippen LogP contribution in [0.5, 0.6) is 0 Å². The first kappa shape index (κ1) is 14.6. The number of nitrogens with one attached hydrogen (secondary N) is 1. The number of carbonyl (C=O) groups is 1. The van der Waals surface area contributed by atoms with Crippen molar-refractivity contribution in [3.05, 3.63) is 24.0 Å². The quantitative estimate of drug-likeness (QED) is 0.869. The lowest BCUT2D eigenvalue weighted by atomic mass is 10.1. The van der Waals surface area contributed by atoms with E-state index in [9.17, 15) is 4.79 Å². The van der Waals surface area contributed by atoms with Crippen molar-refractivity contribution in [2.24, 2.45) is 0 Å². The van der Waals surface area contributed by atoms with E-state index in [4.69, 9.17) is 0 Å². The molecule has 0 radical (unpaired) electrons. The Labute approximate surface area is 127 Å². The van der Waals surface area contributed by atoms with Crippen molar-refractivity contribution in [1.82, 2.24) is 14.8 Å². The van der Waals surface area contributed by atoms with Gasteiger partial charge >= 0.3 is 0 Å². The summed E-state index contributed by atoms with van der Waals surface area (Å²) in [4.78, 5) is 14.6. The van der Waals surface area contributed by atoms with Crippen molar-refractivity contribution in [1.29, 1.82) is 0 Å². The highest BCUT2D eigenvalue weighted by Crippen LogP contribution is 2.25. The number of rotatable bonds is 3. The van der Waals surface area contributed by atoms with Crippen LogP contribution < -0.4 is 5.32 Å². The average molecular weight is 289 g/mol. The summed E-state index contributed by atoms with van der Waals surface area (Å²) in [6, 6.07) is 5.00. The highest BCUT2D eigenvalue weighted by atomic mass is 16.2. The molecule has 4 nitrogen and oxygen atoms in total. The van der Waals surface area contributed by atoms with Crippen LogP contribution in [0.25, 0.3) is 0 Å². The molecule has 0 spiro atoms. The first-order valence-corrected chi connectivity index (χ1v) is 8.42. The molecule has 1 amide bonds. The number of fused-ring (bicyclic) bond motifs is 1. The molecular formula is C17H27N3O. The minimum absolute atomic E-state index is 0.203. The van der Waals surface area contributed by atoms with E-state index in [1.165, 1.54) is 31.4 Å². The Hall–Kier alpha value is -1.29. The highest BCUT2D eigenvalue weighted by molar-refractivity contribution is 5.78. The fraction of sp³-hybridized carbons (Fsp3) is 0.706. The molecule has 116 valence electrons. The number of aromatic nitrogens is 1. The van der Waals surface area contributed by atoms with E-state index in [0.717, 1.165) is 25.9 Å². The SMILES string of the molecule is CC1c2cccn2CCN1CC(=O)NC1CCCCCC1. The van der Waals surface area contributed by atoms with Gasteiger partial charge in [-0.2, -0.15) is 0 Å². The molecule has 1 atom stereocenters. The van der Waals surface area contributed by atoms with Crippen LogP contribution in [-0.4, -0.2) is 34.5 Å². The molecule has 1 aliphatic carbocycles. The van der Waals surface area contributed by atoms with Crippen LogP contribution in [0.1, 0.15) is 57.2 Å². The van der Waals surface area contributed by atoms with Crippen molar-refractivity contribution < 1.29 is 4.79 Å². The molecule has 0 bridgehead atoms. The van der Waals surface area contributed by atoms with Crippen LogP contribution in [-0.2, 0) is 11.3 Å². The van der Waals surface area contributed by atoms with Crippen LogP contribution in [0.3, 0.4) is 0 Å². The van der Waals surface area contributed by atoms with Gasteiger partial charge < -0.3 is 9.88 Å². The second-order valence-electron chi connectivity index (χ2n) is 6.53. The van der Waals surface area contributed by atoms with Gasteiger partial charge in [-0.25, -0.2) is 0 Å². The third-order valence-electron chi connectivity index (χ3n) is 5.04. The van der Waals surface area contributed by atoms with Gasteiger partial charge in [-0.3, -0.25) is 9.69 Å². The summed E-state index contributed by atoms with van der Waals surface area (Å²) in [7, 11) is 0. The molecule has 2 aliphatic rings. The Kier molecular flexibility index (Phi) is 4.63. The van der Waals surface area contributed by atoms with E-state index >= 15 is 0 Å². The molecule has 1 N–H and O–H groups in total. The molecule has 4 heteroatoms. The van der Waals surface area contributed by atoms with Gasteiger partial charge in [0.05, 0.1) is 6.54 Å². The lowest BCUT2D eigenvalue weighted by Crippen LogP contribution is -2.45. The molecule has 1 aromatic heterocycles. The summed E-state index contributed by atoms with van der Waals surface area (Å²) in [6.45, 7) is 4.68. The van der Waals surface area contributed by atoms with E-state index < -0.39 is 0 Å². The molecule has 1 aromatic rings. The summed E-state index contributed by atoms with van der Waals surface area (Å²) in [6.07, 6.45) is 9.62. The number of carbonyl (C=O) groups excluding carboxylic acids is 1. The van der Waals surface area contributed by atoms with Gasteiger partial charge in [0.2, 0.25) is 5.91 Å². The van der Waals surface area contributed by atoms with Gasteiger partial charge in [0, 0.05) is 37.1 Å². The lowest BCUT2D eigenvalue weighted by Gasteiger charge is -2.34. The molecule has 1 unspecified atom stereocenters. The normalized spacial score (nSPS) is 24.3. The van der Waals surface area contributed by atoms with Crippen LogP contribution in [0, 0.1) is 0 Å². The first-order valence-electron chi connectivity index (χ1n) is 8.42. The predicted molar refractivity (Wildman–Crippen MR) is 84.1 cm³/mol. The van der Waals surface area contributed by atoms with Gasteiger partial charge in [0.1, 0.15) is 0 Å². The summed E-state index contributed by atoms with van der Waals surface area (Å²) >= 11 is 0. The maximum Gasteiger partial charge on any atom is 0.234 e. The summed E-state index contributed by atoms with van der Waals surface area (Å²) < 4.78 is 2.30. The molecule has 3 rings (SSSR count).